The molecule has 0 aliphatic carbocycles. The topological polar surface area (TPSA) is 46.5 Å². The normalized spacial score (nSPS) is 20.6. The summed E-state index contributed by atoms with van der Waals surface area (Å²) in [6.45, 7) is 3.91. The van der Waals surface area contributed by atoms with Gasteiger partial charge in [0.05, 0.1) is 12.0 Å². The van der Waals surface area contributed by atoms with Crippen molar-refractivity contribution in [2.75, 3.05) is 6.61 Å². The predicted octanol–water partition coefficient (Wildman–Crippen LogP) is 2.60. The lowest BCUT2D eigenvalue weighted by Crippen LogP contribution is -2.14. The molecule has 1 aliphatic rings. The van der Waals surface area contributed by atoms with E-state index >= 15 is 0 Å². The number of benzene rings is 2. The molecule has 3 nitrogen and oxygen atoms in total. The van der Waals surface area contributed by atoms with E-state index in [0.29, 0.717) is 5.57 Å². The fourth-order valence-corrected chi connectivity index (χ4v) is 2.52. The summed E-state index contributed by atoms with van der Waals surface area (Å²) in [6.07, 6.45) is -0.773. The van der Waals surface area contributed by atoms with Gasteiger partial charge in [-0.1, -0.05) is 49.0 Å². The van der Waals surface area contributed by atoms with Crippen molar-refractivity contribution in [2.45, 2.75) is 6.10 Å². The highest BCUT2D eigenvalue weighted by molar-refractivity contribution is 5.91. The third-order valence-corrected chi connectivity index (χ3v) is 3.63. The van der Waals surface area contributed by atoms with Crippen LogP contribution in [0.25, 0.3) is 10.8 Å². The fourth-order valence-electron chi connectivity index (χ4n) is 2.52. The zero-order chi connectivity index (χ0) is 13.4. The molecule has 1 N–H and O–H groups in total. The van der Waals surface area contributed by atoms with Gasteiger partial charge in [-0.2, -0.15) is 0 Å². The van der Waals surface area contributed by atoms with Crippen molar-refractivity contribution in [3.05, 3.63) is 60.2 Å². The third-order valence-electron chi connectivity index (χ3n) is 3.63. The van der Waals surface area contributed by atoms with E-state index in [1.165, 1.54) is 0 Å². The van der Waals surface area contributed by atoms with E-state index in [2.05, 4.69) is 6.58 Å². The Morgan fingerprint density at radius 2 is 1.95 bits per heavy atom. The summed E-state index contributed by atoms with van der Waals surface area (Å²) < 4.78 is 4.93. The van der Waals surface area contributed by atoms with Gasteiger partial charge in [-0.15, -0.1) is 0 Å². The molecule has 0 spiro atoms. The molecule has 1 aliphatic heterocycles. The van der Waals surface area contributed by atoms with Crippen molar-refractivity contribution < 1.29 is 14.6 Å². The summed E-state index contributed by atoms with van der Waals surface area (Å²) >= 11 is 0. The van der Waals surface area contributed by atoms with Crippen molar-refractivity contribution >= 4 is 16.7 Å². The monoisotopic (exact) mass is 254 g/mol. The van der Waals surface area contributed by atoms with Crippen molar-refractivity contribution in [1.82, 2.24) is 0 Å². The first-order chi connectivity index (χ1) is 9.18. The van der Waals surface area contributed by atoms with Crippen LogP contribution in [0.2, 0.25) is 0 Å². The molecule has 1 fully saturated rings. The number of aliphatic hydroxyl groups is 1. The van der Waals surface area contributed by atoms with Crippen LogP contribution in [-0.2, 0) is 9.53 Å². The number of carbonyl (C=O) groups excluding carboxylic acids is 1. The minimum absolute atomic E-state index is 0.196. The Kier molecular flexibility index (Phi) is 2.84. The number of fused-ring (bicyclic) bond motifs is 1. The molecule has 0 amide bonds. The molecule has 19 heavy (non-hydrogen) atoms. The van der Waals surface area contributed by atoms with Gasteiger partial charge in [0, 0.05) is 5.57 Å². The Balaban J connectivity index is 2.05. The number of carbonyl (C=O) groups is 1. The Bertz CT molecular complexity index is 655. The average molecular weight is 254 g/mol. The van der Waals surface area contributed by atoms with E-state index < -0.39 is 12.1 Å². The second-order valence-corrected chi connectivity index (χ2v) is 4.74. The highest BCUT2D eigenvalue weighted by Gasteiger charge is 2.35. The summed E-state index contributed by atoms with van der Waals surface area (Å²) in [5, 5.41) is 12.6. The van der Waals surface area contributed by atoms with Crippen LogP contribution in [0.5, 0.6) is 0 Å². The standard InChI is InChI=1S/C16H14O3/c1-10-14(9-19-16(10)18)15(17)13-8-4-6-11-5-2-3-7-12(11)13/h2-8,14-15,17H,1,9H2/t14-,15+/m1/s1. The summed E-state index contributed by atoms with van der Waals surface area (Å²) in [5.74, 6) is -0.775. The smallest absolute Gasteiger partial charge is 0.333 e. The molecule has 2 atom stereocenters. The second kappa shape index (κ2) is 4.52. The van der Waals surface area contributed by atoms with Gasteiger partial charge < -0.3 is 9.84 Å². The van der Waals surface area contributed by atoms with Crippen LogP contribution < -0.4 is 0 Å². The molecule has 0 aromatic heterocycles. The first-order valence-corrected chi connectivity index (χ1v) is 6.20. The van der Waals surface area contributed by atoms with Crippen LogP contribution in [0.15, 0.2) is 54.6 Å². The first kappa shape index (κ1) is 11.9. The molecular weight excluding hydrogens is 240 g/mol. The summed E-state index contributed by atoms with van der Waals surface area (Å²) in [5.41, 5.74) is 1.16. The van der Waals surface area contributed by atoms with Gasteiger partial charge in [-0.05, 0) is 16.3 Å². The number of hydrogen-bond donors (Lipinski definition) is 1. The zero-order valence-electron chi connectivity index (χ0n) is 10.4. The lowest BCUT2D eigenvalue weighted by atomic mass is 9.89. The van der Waals surface area contributed by atoms with E-state index in [9.17, 15) is 9.90 Å². The second-order valence-electron chi connectivity index (χ2n) is 4.74. The molecule has 0 saturated carbocycles. The number of aliphatic hydroxyl groups excluding tert-OH is 1. The summed E-state index contributed by atoms with van der Waals surface area (Å²) in [6, 6.07) is 13.6. The molecular formula is C16H14O3. The van der Waals surface area contributed by atoms with Gasteiger partial charge in [0.2, 0.25) is 0 Å². The van der Waals surface area contributed by atoms with Crippen molar-refractivity contribution in [3.63, 3.8) is 0 Å². The molecule has 1 saturated heterocycles. The maximum atomic E-state index is 11.4. The molecule has 3 heteroatoms. The molecule has 0 radical (unpaired) electrons. The van der Waals surface area contributed by atoms with Gasteiger partial charge in [0.25, 0.3) is 0 Å². The van der Waals surface area contributed by atoms with Crippen LogP contribution in [0.1, 0.15) is 11.7 Å². The maximum Gasteiger partial charge on any atom is 0.333 e. The number of ether oxygens (including phenoxy) is 1. The van der Waals surface area contributed by atoms with E-state index in [1.54, 1.807) is 0 Å². The largest absolute Gasteiger partial charge is 0.462 e. The quantitative estimate of drug-likeness (QED) is 0.662. The number of hydrogen-bond acceptors (Lipinski definition) is 3. The lowest BCUT2D eigenvalue weighted by Gasteiger charge is -2.18. The predicted molar refractivity (Wildman–Crippen MR) is 72.5 cm³/mol. The van der Waals surface area contributed by atoms with E-state index in [1.807, 2.05) is 42.5 Å². The Morgan fingerprint density at radius 3 is 2.68 bits per heavy atom. The minimum atomic E-state index is -0.773. The first-order valence-electron chi connectivity index (χ1n) is 6.20. The number of rotatable bonds is 2. The van der Waals surface area contributed by atoms with Crippen LogP contribution in [0.3, 0.4) is 0 Å². The third kappa shape index (κ3) is 1.92. The van der Waals surface area contributed by atoms with Gasteiger partial charge in [0.15, 0.2) is 0 Å². The Morgan fingerprint density at radius 1 is 1.21 bits per heavy atom. The molecule has 2 aromatic rings. The van der Waals surface area contributed by atoms with Crippen molar-refractivity contribution in [3.8, 4) is 0 Å². The van der Waals surface area contributed by atoms with Gasteiger partial charge in [-0.3, -0.25) is 0 Å². The number of cyclic esters (lactones) is 1. The number of esters is 1. The molecule has 2 aromatic carbocycles. The van der Waals surface area contributed by atoms with E-state index in [-0.39, 0.29) is 12.5 Å². The highest BCUT2D eigenvalue weighted by Crippen LogP contribution is 2.35. The van der Waals surface area contributed by atoms with Crippen LogP contribution in [0, 0.1) is 5.92 Å². The Labute approximate surface area is 111 Å². The highest BCUT2D eigenvalue weighted by atomic mass is 16.5. The van der Waals surface area contributed by atoms with Crippen molar-refractivity contribution in [1.29, 1.82) is 0 Å². The molecule has 96 valence electrons. The minimum Gasteiger partial charge on any atom is -0.462 e. The van der Waals surface area contributed by atoms with Crippen molar-refractivity contribution in [2.24, 2.45) is 5.92 Å². The van der Waals surface area contributed by atoms with Gasteiger partial charge in [0.1, 0.15) is 6.61 Å². The average Bonchev–Trinajstić information content (AvgIpc) is 2.78. The summed E-state index contributed by atoms with van der Waals surface area (Å²) in [7, 11) is 0. The SMILES string of the molecule is C=C1C(=O)OC[C@H]1[C@@H](O)c1cccc2ccccc12. The fraction of sp³-hybridized carbons (Fsp3) is 0.188. The molecule has 0 unspecified atom stereocenters. The Hall–Kier alpha value is -2.13. The van der Waals surface area contributed by atoms with Crippen LogP contribution in [0.4, 0.5) is 0 Å². The van der Waals surface area contributed by atoms with Crippen LogP contribution >= 0.6 is 0 Å². The molecule has 3 rings (SSSR count). The van der Waals surface area contributed by atoms with Gasteiger partial charge in [-0.25, -0.2) is 4.79 Å². The molecule has 0 bridgehead atoms. The van der Waals surface area contributed by atoms with Gasteiger partial charge >= 0.3 is 5.97 Å². The molecule has 1 heterocycles. The van der Waals surface area contributed by atoms with E-state index in [0.717, 1.165) is 16.3 Å². The van der Waals surface area contributed by atoms with Crippen LogP contribution in [-0.4, -0.2) is 17.7 Å². The lowest BCUT2D eigenvalue weighted by molar-refractivity contribution is -0.135. The zero-order valence-corrected chi connectivity index (χ0v) is 10.4. The maximum absolute atomic E-state index is 11.4. The summed E-state index contributed by atoms with van der Waals surface area (Å²) in [4.78, 5) is 11.4. The van der Waals surface area contributed by atoms with E-state index in [4.69, 9.17) is 4.74 Å².